The van der Waals surface area contributed by atoms with Gasteiger partial charge in [-0.2, -0.15) is 0 Å². The van der Waals surface area contributed by atoms with Crippen molar-refractivity contribution in [2.24, 2.45) is 0 Å². The van der Waals surface area contributed by atoms with E-state index in [0.717, 1.165) is 0 Å². The first-order valence-corrected chi connectivity index (χ1v) is 0. The zero-order chi connectivity index (χ0) is 0. The van der Waals surface area contributed by atoms with Crippen molar-refractivity contribution in [3.05, 3.63) is 0 Å². The minimum absolute atomic E-state index is 0. The van der Waals surface area contributed by atoms with E-state index >= 15 is 0 Å². The molecule has 0 saturated carbocycles. The van der Waals surface area contributed by atoms with Gasteiger partial charge in [0.15, 0.2) is 0 Å². The Morgan fingerprint density at radius 2 is 0.300 bits per heavy atom. The van der Waals surface area contributed by atoms with Gasteiger partial charge in [0.25, 0.3) is 0 Å². The van der Waals surface area contributed by atoms with Gasteiger partial charge in [-0.15, -0.1) is 0 Å². The summed E-state index contributed by atoms with van der Waals surface area (Å²) in [6.45, 7) is 0. The Kier molecular flexibility index (Phi) is 53900. The Labute approximate surface area is 87.6 Å². The second-order valence-electron chi connectivity index (χ2n) is 0. The van der Waals surface area contributed by atoms with Crippen LogP contribution in [0.4, 0.5) is 0 Å². The van der Waals surface area contributed by atoms with Crippen LogP contribution in [0.25, 0.3) is 0 Å². The maximum Gasteiger partial charge on any atom is 3.00 e. The Morgan fingerprint density at radius 1 is 0.300 bits per heavy atom. The normalized spacial score (nSPS) is 0. The summed E-state index contributed by atoms with van der Waals surface area (Å²) in [5.41, 5.74) is 0. The van der Waals surface area contributed by atoms with Gasteiger partial charge in [-0.3, -0.25) is 0 Å². The summed E-state index contributed by atoms with van der Waals surface area (Å²) in [5.74, 6) is 0. The molecule has 0 aromatic rings. The van der Waals surface area contributed by atoms with Crippen molar-refractivity contribution < 1.29 is 87.4 Å². The van der Waals surface area contributed by atoms with Crippen LogP contribution in [0.2, 0.25) is 0 Å². The quantitative estimate of drug-likeness (QED) is 0.377. The van der Waals surface area contributed by atoms with Gasteiger partial charge in [-0.05, 0) is 0 Å². The summed E-state index contributed by atoms with van der Waals surface area (Å²) in [6, 6.07) is 0. The van der Waals surface area contributed by atoms with Crippen LogP contribution in [0.3, 0.4) is 0 Å². The summed E-state index contributed by atoms with van der Waals surface area (Å²) in [4.78, 5) is 0. The number of hydrogen-bond donors (Lipinski definition) is 0. The fourth-order valence-corrected chi connectivity index (χ4v) is 0. The van der Waals surface area contributed by atoms with Crippen molar-refractivity contribution in [2.75, 3.05) is 0 Å². The van der Waals surface area contributed by atoms with Crippen LogP contribution in [0.1, 0.15) is 0 Å². The second-order valence-corrected chi connectivity index (χ2v) is 0. The van der Waals surface area contributed by atoms with Gasteiger partial charge in [-0.25, -0.2) is 0 Å². The van der Waals surface area contributed by atoms with Gasteiger partial charge in [0.05, 0.1) is 0 Å². The topological polar surface area (TPSA) is 198 Å². The van der Waals surface area contributed by atoms with E-state index in [0.29, 0.717) is 0 Å². The fourth-order valence-electron chi connectivity index (χ4n) is 0. The van der Waals surface area contributed by atoms with Crippen molar-refractivity contribution in [1.29, 1.82) is 0 Å². The third kappa shape index (κ3) is 452. The molecule has 0 aromatic carbocycles. The summed E-state index contributed by atoms with van der Waals surface area (Å²) in [5, 5.41) is 0. The number of halogens is 3. The summed E-state index contributed by atoms with van der Waals surface area (Å²) < 4.78 is 0. The number of hydrogen-bond acceptors (Lipinski definition) is 0. The molecule has 6 nitrogen and oxygen atoms in total. The molecule has 0 aliphatic carbocycles. The Morgan fingerprint density at radius 3 is 0.300 bits per heavy atom. The molecule has 0 heterocycles. The molecule has 18 N–H and O–H groups in total. The fraction of sp³-hybridized carbons (Fsp3) is 0. The molecule has 0 saturated heterocycles. The standard InChI is InChI=1S/3ClH.Cr.6H2O/h3*1H;;6*1H2/q;;;+3;;;;;;/p+3. The molecule has 0 aliphatic heterocycles. The molecule has 0 aliphatic rings. The smallest absolute Gasteiger partial charge is 1.00 e. The largest absolute Gasteiger partial charge is 3.00 e. The van der Waals surface area contributed by atoms with Crippen LogP contribution in [0, 0.1) is 0 Å². The van der Waals surface area contributed by atoms with Gasteiger partial charge < -0.3 is 70.1 Å². The van der Waals surface area contributed by atoms with Crippen LogP contribution in [0.5, 0.6) is 0 Å². The molecule has 0 bridgehead atoms. The first-order valence-electron chi connectivity index (χ1n) is 0. The summed E-state index contributed by atoms with van der Waals surface area (Å²) >= 11 is 0. The van der Waals surface area contributed by atoms with Crippen LogP contribution in [-0.4, -0.2) is 0 Å². The van der Waals surface area contributed by atoms with E-state index in [1.165, 1.54) is 0 Å². The van der Waals surface area contributed by atoms with Crippen molar-refractivity contribution in [2.45, 2.75) is 0 Å². The SMILES string of the molecule is [Cl-].[Cl-].[Cl-].[Cr+3].[OH3+].[OH3+].[OH3+].[OH3+].[OH3+].[OH3+]. The van der Waals surface area contributed by atoms with Crippen LogP contribution in [-0.2, 0) is 50.2 Å². The minimum Gasteiger partial charge on any atom is -1.00 e. The van der Waals surface area contributed by atoms with E-state index in [9.17, 15) is 0 Å². The number of rotatable bonds is 0. The van der Waals surface area contributed by atoms with E-state index in [4.69, 9.17) is 0 Å². The molecular weight excluding hydrogens is 254 g/mol. The molecule has 0 amide bonds. The van der Waals surface area contributed by atoms with E-state index in [-0.39, 0.29) is 87.4 Å². The molecule has 0 spiro atoms. The zero-order valence-electron chi connectivity index (χ0n) is 5.01. The Bertz CT molecular complexity index is 13.0. The second kappa shape index (κ2) is 631. The Hall–Kier alpha value is 1.16. The van der Waals surface area contributed by atoms with Crippen molar-refractivity contribution in [1.82, 2.24) is 0 Å². The molecule has 0 atom stereocenters. The van der Waals surface area contributed by atoms with Crippen LogP contribution < -0.4 is 37.2 Å². The van der Waals surface area contributed by atoms with Crippen LogP contribution >= 0.6 is 0 Å². The summed E-state index contributed by atoms with van der Waals surface area (Å²) in [6.07, 6.45) is 0. The first-order chi connectivity index (χ1) is 0. The van der Waals surface area contributed by atoms with Gasteiger partial charge in [-0.1, -0.05) is 0 Å². The minimum atomic E-state index is 0. The molecule has 10 heteroatoms. The maximum absolute atomic E-state index is 0. The van der Waals surface area contributed by atoms with E-state index < -0.39 is 0 Å². The monoisotopic (exact) mass is 271 g/mol. The van der Waals surface area contributed by atoms with Crippen molar-refractivity contribution in [3.63, 3.8) is 0 Å². The third-order valence-electron chi connectivity index (χ3n) is 0. The molecule has 75 valence electrons. The zero-order valence-corrected chi connectivity index (χ0v) is 8.55. The molecule has 0 unspecified atom stereocenters. The molecular formula is H18Cl3CrO6+6. The Balaban J connectivity index is 0. The van der Waals surface area contributed by atoms with Gasteiger partial charge in [0, 0.05) is 0 Å². The predicted molar refractivity (Wildman–Crippen MR) is 29.2 cm³/mol. The predicted octanol–water partition coefficient (Wildman–Crippen LogP) is -14.5. The average Bonchev–Trinajstić information content (AvgIpc) is 0. The molecule has 10 heavy (non-hydrogen) atoms. The molecule has 0 rings (SSSR count). The molecule has 0 aromatic heterocycles. The maximum atomic E-state index is 0. The molecule has 0 fully saturated rings. The van der Waals surface area contributed by atoms with Gasteiger partial charge in [0.1, 0.15) is 0 Å². The molecule has 1 radical (unpaired) electrons. The van der Waals surface area contributed by atoms with E-state index in [1.807, 2.05) is 0 Å². The van der Waals surface area contributed by atoms with Gasteiger partial charge in [0.2, 0.25) is 0 Å². The summed E-state index contributed by atoms with van der Waals surface area (Å²) in [7, 11) is 0. The average molecular weight is 272 g/mol. The van der Waals surface area contributed by atoms with Crippen LogP contribution in [0.15, 0.2) is 0 Å². The first kappa shape index (κ1) is 853. The van der Waals surface area contributed by atoms with Gasteiger partial charge >= 0.3 is 17.4 Å². The van der Waals surface area contributed by atoms with Crippen molar-refractivity contribution in [3.8, 4) is 0 Å². The third-order valence-corrected chi connectivity index (χ3v) is 0. The van der Waals surface area contributed by atoms with E-state index in [1.54, 1.807) is 0 Å². The van der Waals surface area contributed by atoms with E-state index in [2.05, 4.69) is 0 Å². The van der Waals surface area contributed by atoms with Crippen molar-refractivity contribution >= 4 is 0 Å².